The Morgan fingerprint density at radius 2 is 1.65 bits per heavy atom. The van der Waals surface area contributed by atoms with Crippen LogP contribution in [-0.2, 0) is 0 Å². The van der Waals surface area contributed by atoms with Gasteiger partial charge in [-0.25, -0.2) is 4.79 Å². The number of halogens is 2. The first-order valence-electron chi connectivity index (χ1n) is 6.88. The van der Waals surface area contributed by atoms with Gasteiger partial charge in [0.1, 0.15) is 0 Å². The molecule has 0 spiro atoms. The number of carbonyl (C=O) groups is 1. The lowest BCUT2D eigenvalue weighted by molar-refractivity contribution is 0.194. The van der Waals surface area contributed by atoms with Crippen molar-refractivity contribution >= 4 is 34.9 Å². The summed E-state index contributed by atoms with van der Waals surface area (Å²) in [7, 11) is 0. The number of amides is 2. The molecule has 1 aromatic carbocycles. The number of anilines is 1. The van der Waals surface area contributed by atoms with E-state index in [1.807, 2.05) is 17.0 Å². The second kappa shape index (κ2) is 5.70. The van der Waals surface area contributed by atoms with Crippen molar-refractivity contribution in [1.82, 2.24) is 10.2 Å². The number of carbonyl (C=O) groups excluding carboxylic acids is 1. The first-order valence-corrected chi connectivity index (χ1v) is 7.64. The second-order valence-corrected chi connectivity index (χ2v) is 6.20. The molecular formula is C14H17Cl2N3O. The minimum absolute atomic E-state index is 0.0660. The van der Waals surface area contributed by atoms with Gasteiger partial charge < -0.3 is 15.1 Å². The summed E-state index contributed by atoms with van der Waals surface area (Å²) in [6.45, 7) is 3.05. The summed E-state index contributed by atoms with van der Waals surface area (Å²) in [6, 6.07) is 6.02. The van der Waals surface area contributed by atoms with Gasteiger partial charge in [0, 0.05) is 48.0 Å². The van der Waals surface area contributed by atoms with Gasteiger partial charge in [0.05, 0.1) is 0 Å². The standard InChI is InChI=1S/C14H17Cl2N3O/c15-10-7-11(16)9-13(8-10)18-3-5-19(6-4-18)14(20)17-12-1-2-12/h7-9,12H,1-6H2,(H,17,20). The zero-order valence-corrected chi connectivity index (χ0v) is 12.6. The molecule has 0 atom stereocenters. The van der Waals surface area contributed by atoms with E-state index in [4.69, 9.17) is 23.2 Å². The van der Waals surface area contributed by atoms with Crippen LogP contribution in [-0.4, -0.2) is 43.2 Å². The number of hydrogen-bond acceptors (Lipinski definition) is 2. The Bertz CT molecular complexity index is 491. The Morgan fingerprint density at radius 3 is 2.20 bits per heavy atom. The van der Waals surface area contributed by atoms with Crippen molar-refractivity contribution in [2.24, 2.45) is 0 Å². The lowest BCUT2D eigenvalue weighted by atomic mass is 10.2. The van der Waals surface area contributed by atoms with Crippen molar-refractivity contribution < 1.29 is 4.79 Å². The molecule has 1 aromatic rings. The number of benzene rings is 1. The summed E-state index contributed by atoms with van der Waals surface area (Å²) in [5.41, 5.74) is 1.02. The molecule has 2 aliphatic rings. The minimum Gasteiger partial charge on any atom is -0.368 e. The van der Waals surface area contributed by atoms with Crippen molar-refractivity contribution in [2.75, 3.05) is 31.1 Å². The third-order valence-electron chi connectivity index (χ3n) is 3.68. The number of nitrogens with zero attached hydrogens (tertiary/aromatic N) is 2. The summed E-state index contributed by atoms with van der Waals surface area (Å²) >= 11 is 12.1. The molecule has 0 unspecified atom stereocenters. The molecule has 1 saturated carbocycles. The smallest absolute Gasteiger partial charge is 0.317 e. The molecular weight excluding hydrogens is 297 g/mol. The highest BCUT2D eigenvalue weighted by molar-refractivity contribution is 6.35. The Hall–Kier alpha value is -1.13. The molecule has 1 saturated heterocycles. The van der Waals surface area contributed by atoms with Crippen LogP contribution in [0.1, 0.15) is 12.8 Å². The van der Waals surface area contributed by atoms with Gasteiger partial charge in [0.2, 0.25) is 0 Å². The van der Waals surface area contributed by atoms with Gasteiger partial charge in [-0.3, -0.25) is 0 Å². The Morgan fingerprint density at radius 1 is 1.05 bits per heavy atom. The average molecular weight is 314 g/mol. The van der Waals surface area contributed by atoms with Crippen LogP contribution in [0.5, 0.6) is 0 Å². The highest BCUT2D eigenvalue weighted by Gasteiger charge is 2.27. The maximum absolute atomic E-state index is 12.0. The van der Waals surface area contributed by atoms with Crippen molar-refractivity contribution in [2.45, 2.75) is 18.9 Å². The number of urea groups is 1. The van der Waals surface area contributed by atoms with Gasteiger partial charge in [0.15, 0.2) is 0 Å². The Balaban J connectivity index is 1.58. The number of rotatable bonds is 2. The van der Waals surface area contributed by atoms with E-state index in [0.29, 0.717) is 16.1 Å². The molecule has 108 valence electrons. The highest BCUT2D eigenvalue weighted by Crippen LogP contribution is 2.26. The van der Waals surface area contributed by atoms with Crippen LogP contribution in [0.4, 0.5) is 10.5 Å². The van der Waals surface area contributed by atoms with Crippen molar-refractivity contribution in [3.63, 3.8) is 0 Å². The van der Waals surface area contributed by atoms with E-state index < -0.39 is 0 Å². The number of piperazine rings is 1. The van der Waals surface area contributed by atoms with E-state index in [1.54, 1.807) is 6.07 Å². The summed E-state index contributed by atoms with van der Waals surface area (Å²) < 4.78 is 0. The summed E-state index contributed by atoms with van der Waals surface area (Å²) in [6.07, 6.45) is 2.24. The molecule has 6 heteroatoms. The van der Waals surface area contributed by atoms with Crippen molar-refractivity contribution in [1.29, 1.82) is 0 Å². The molecule has 3 rings (SSSR count). The average Bonchev–Trinajstić information content (AvgIpc) is 3.22. The lowest BCUT2D eigenvalue weighted by Crippen LogP contribution is -2.52. The third-order valence-corrected chi connectivity index (χ3v) is 4.12. The minimum atomic E-state index is 0.0660. The maximum Gasteiger partial charge on any atom is 0.317 e. The van der Waals surface area contributed by atoms with Gasteiger partial charge in [0.25, 0.3) is 0 Å². The molecule has 1 heterocycles. The van der Waals surface area contributed by atoms with E-state index in [-0.39, 0.29) is 6.03 Å². The quantitative estimate of drug-likeness (QED) is 0.911. The zero-order valence-electron chi connectivity index (χ0n) is 11.1. The van der Waals surface area contributed by atoms with Crippen LogP contribution in [0.25, 0.3) is 0 Å². The van der Waals surface area contributed by atoms with E-state index in [2.05, 4.69) is 10.2 Å². The van der Waals surface area contributed by atoms with Crippen LogP contribution in [0, 0.1) is 0 Å². The first kappa shape index (κ1) is 13.8. The van der Waals surface area contributed by atoms with Gasteiger partial charge in [-0.05, 0) is 31.0 Å². The zero-order chi connectivity index (χ0) is 14.1. The molecule has 0 radical (unpaired) electrons. The van der Waals surface area contributed by atoms with Gasteiger partial charge in [-0.2, -0.15) is 0 Å². The Kier molecular flexibility index (Phi) is 3.94. The van der Waals surface area contributed by atoms with E-state index in [9.17, 15) is 4.79 Å². The maximum atomic E-state index is 12.0. The van der Waals surface area contributed by atoms with Gasteiger partial charge in [-0.15, -0.1) is 0 Å². The molecule has 20 heavy (non-hydrogen) atoms. The highest BCUT2D eigenvalue weighted by atomic mass is 35.5. The molecule has 2 fully saturated rings. The SMILES string of the molecule is O=C(NC1CC1)N1CCN(c2cc(Cl)cc(Cl)c2)CC1. The fourth-order valence-corrected chi connectivity index (χ4v) is 2.90. The van der Waals surface area contributed by atoms with Crippen LogP contribution < -0.4 is 10.2 Å². The summed E-state index contributed by atoms with van der Waals surface area (Å²) in [5, 5.41) is 4.30. The van der Waals surface area contributed by atoms with E-state index >= 15 is 0 Å². The molecule has 1 N–H and O–H groups in total. The second-order valence-electron chi connectivity index (χ2n) is 5.33. The topological polar surface area (TPSA) is 35.6 Å². The van der Waals surface area contributed by atoms with Crippen LogP contribution in [0.15, 0.2) is 18.2 Å². The van der Waals surface area contributed by atoms with Crippen LogP contribution in [0.2, 0.25) is 10.0 Å². The molecule has 0 aromatic heterocycles. The molecule has 4 nitrogen and oxygen atoms in total. The largest absolute Gasteiger partial charge is 0.368 e. The number of hydrogen-bond donors (Lipinski definition) is 1. The molecule has 2 amide bonds. The monoisotopic (exact) mass is 313 g/mol. The van der Waals surface area contributed by atoms with Crippen molar-refractivity contribution in [3.8, 4) is 0 Å². The molecule has 0 bridgehead atoms. The molecule has 1 aliphatic heterocycles. The van der Waals surface area contributed by atoms with Crippen molar-refractivity contribution in [3.05, 3.63) is 28.2 Å². The fraction of sp³-hybridized carbons (Fsp3) is 0.500. The predicted octanol–water partition coefficient (Wildman–Crippen LogP) is 2.99. The summed E-state index contributed by atoms with van der Waals surface area (Å²) in [4.78, 5) is 16.0. The Labute approximate surface area is 128 Å². The van der Waals surface area contributed by atoms with E-state index in [0.717, 1.165) is 44.7 Å². The van der Waals surface area contributed by atoms with Gasteiger partial charge >= 0.3 is 6.03 Å². The molecule has 1 aliphatic carbocycles. The third kappa shape index (κ3) is 3.30. The lowest BCUT2D eigenvalue weighted by Gasteiger charge is -2.36. The first-order chi connectivity index (χ1) is 9.61. The predicted molar refractivity (Wildman–Crippen MR) is 81.8 cm³/mol. The number of nitrogens with one attached hydrogen (secondary N) is 1. The summed E-state index contributed by atoms with van der Waals surface area (Å²) in [5.74, 6) is 0. The van der Waals surface area contributed by atoms with Gasteiger partial charge in [-0.1, -0.05) is 23.2 Å². The fourth-order valence-electron chi connectivity index (χ4n) is 2.38. The normalized spacial score (nSPS) is 19.1. The van der Waals surface area contributed by atoms with E-state index in [1.165, 1.54) is 0 Å². The van der Waals surface area contributed by atoms with Crippen LogP contribution >= 0.6 is 23.2 Å². The van der Waals surface area contributed by atoms with Crippen LogP contribution in [0.3, 0.4) is 0 Å².